The summed E-state index contributed by atoms with van der Waals surface area (Å²) in [5.41, 5.74) is 5.73. The van der Waals surface area contributed by atoms with E-state index in [-0.39, 0.29) is 0 Å². The summed E-state index contributed by atoms with van der Waals surface area (Å²) in [6.45, 7) is 17.0. The van der Waals surface area contributed by atoms with Crippen molar-refractivity contribution >= 4 is 49.2 Å². The van der Waals surface area contributed by atoms with Crippen LogP contribution in [-0.4, -0.2) is 5.11 Å². The van der Waals surface area contributed by atoms with Gasteiger partial charge in [-0.1, -0.05) is 225 Å². The summed E-state index contributed by atoms with van der Waals surface area (Å²) in [6, 6.07) is 56.5. The Bertz CT molecular complexity index is 2280. The summed E-state index contributed by atoms with van der Waals surface area (Å²) in [4.78, 5) is 0. The van der Waals surface area contributed by atoms with E-state index in [4.69, 9.17) is 0 Å². The molecule has 0 saturated heterocycles. The average Bonchev–Trinajstić information content (AvgIpc) is 3.72. The molecule has 0 saturated carbocycles. The van der Waals surface area contributed by atoms with Crippen molar-refractivity contribution in [1.82, 2.24) is 0 Å². The monoisotopic (exact) mass is 710 g/mol. The van der Waals surface area contributed by atoms with E-state index in [0.29, 0.717) is 17.6 Å². The van der Waals surface area contributed by atoms with Crippen LogP contribution in [0.5, 0.6) is 5.75 Å². The van der Waals surface area contributed by atoms with Crippen molar-refractivity contribution < 1.29 is 5.11 Å². The molecule has 0 fully saturated rings. The van der Waals surface area contributed by atoms with E-state index in [1.807, 2.05) is 76.2 Å². The third-order valence-corrected chi connectivity index (χ3v) is 9.33. The highest BCUT2D eigenvalue weighted by molar-refractivity contribution is 6.10. The number of fused-ring (bicyclic) bond motifs is 6. The Morgan fingerprint density at radius 3 is 1.33 bits per heavy atom. The molecule has 8 aromatic carbocycles. The standard InChI is InChI=1S/C14H10O.2C13H14.C9H8.2C2H6/c15-14-9-10-5-1-2-6-11(10)12-7-3-4-8-13(12)14;2*1-10(2)12-9-5-7-11-6-3-4-8-13(11)12;1-2-5-9-7-3-6-8(9)4-1;2*1-2/h1-9,15H;2*3-10H,1-2H3;1-6H,7H2;2*1-2H3. The van der Waals surface area contributed by atoms with Crippen LogP contribution >= 0.6 is 0 Å². The molecule has 1 aliphatic carbocycles. The Kier molecular flexibility index (Phi) is 16.1. The second-order valence-corrected chi connectivity index (χ2v) is 13.4. The first kappa shape index (κ1) is 41.1. The van der Waals surface area contributed by atoms with Crippen molar-refractivity contribution in [2.24, 2.45) is 0 Å². The van der Waals surface area contributed by atoms with E-state index in [2.05, 4.69) is 155 Å². The minimum atomic E-state index is 0.351. The number of benzene rings is 8. The Morgan fingerprint density at radius 1 is 0.407 bits per heavy atom. The van der Waals surface area contributed by atoms with Gasteiger partial charge in [-0.05, 0) is 84.3 Å². The van der Waals surface area contributed by atoms with Gasteiger partial charge in [0.2, 0.25) is 0 Å². The first-order valence-electron chi connectivity index (χ1n) is 19.7. The molecule has 0 aromatic heterocycles. The molecule has 1 heteroatoms. The first-order valence-corrected chi connectivity index (χ1v) is 19.7. The zero-order valence-electron chi connectivity index (χ0n) is 33.6. The fraction of sp³-hybridized carbons (Fsp3) is 0.208. The summed E-state index contributed by atoms with van der Waals surface area (Å²) in [5, 5.41) is 19.6. The van der Waals surface area contributed by atoms with Crippen LogP contribution in [0.15, 0.2) is 170 Å². The van der Waals surface area contributed by atoms with Gasteiger partial charge in [0.05, 0.1) is 0 Å². The first-order chi connectivity index (χ1) is 26.4. The molecule has 0 spiro atoms. The molecule has 54 heavy (non-hydrogen) atoms. The van der Waals surface area contributed by atoms with Gasteiger partial charge in [0.25, 0.3) is 0 Å². The van der Waals surface area contributed by atoms with Crippen LogP contribution in [0.2, 0.25) is 0 Å². The van der Waals surface area contributed by atoms with Gasteiger partial charge in [-0.2, -0.15) is 0 Å². The lowest BCUT2D eigenvalue weighted by Gasteiger charge is -2.08. The van der Waals surface area contributed by atoms with Crippen molar-refractivity contribution in [2.75, 3.05) is 0 Å². The molecule has 1 N–H and O–H groups in total. The second kappa shape index (κ2) is 21.1. The van der Waals surface area contributed by atoms with Crippen LogP contribution in [0.4, 0.5) is 0 Å². The maximum absolute atomic E-state index is 9.87. The fourth-order valence-corrected chi connectivity index (χ4v) is 6.74. The van der Waals surface area contributed by atoms with Crippen molar-refractivity contribution in [1.29, 1.82) is 0 Å². The third-order valence-electron chi connectivity index (χ3n) is 9.33. The lowest BCUT2D eigenvalue weighted by atomic mass is 9.96. The molecular formula is C53H58O. The molecule has 8 aromatic rings. The Hall–Kier alpha value is -5.66. The van der Waals surface area contributed by atoms with Gasteiger partial charge < -0.3 is 5.11 Å². The number of allylic oxidation sites excluding steroid dienone is 1. The maximum Gasteiger partial charge on any atom is 0.124 e. The minimum Gasteiger partial charge on any atom is -0.507 e. The summed E-state index contributed by atoms with van der Waals surface area (Å²) in [6.07, 6.45) is 5.50. The number of phenolic OH excluding ortho intramolecular Hbond substituents is 1. The predicted molar refractivity (Wildman–Crippen MR) is 241 cm³/mol. The van der Waals surface area contributed by atoms with Crippen LogP contribution in [0.3, 0.4) is 0 Å². The zero-order valence-corrected chi connectivity index (χ0v) is 33.6. The summed E-state index contributed by atoms with van der Waals surface area (Å²) in [5.74, 6) is 1.56. The highest BCUT2D eigenvalue weighted by Crippen LogP contribution is 2.32. The molecule has 0 heterocycles. The van der Waals surface area contributed by atoms with Crippen molar-refractivity contribution in [2.45, 2.75) is 73.6 Å². The quantitative estimate of drug-likeness (QED) is 0.177. The van der Waals surface area contributed by atoms with Gasteiger partial charge in [-0.15, -0.1) is 0 Å². The highest BCUT2D eigenvalue weighted by Gasteiger charge is 2.05. The van der Waals surface area contributed by atoms with Crippen LogP contribution in [0, 0.1) is 0 Å². The smallest absolute Gasteiger partial charge is 0.124 e. The lowest BCUT2D eigenvalue weighted by molar-refractivity contribution is 0.482. The third kappa shape index (κ3) is 10.5. The summed E-state index contributed by atoms with van der Waals surface area (Å²) in [7, 11) is 0. The number of hydrogen-bond acceptors (Lipinski definition) is 1. The molecule has 0 radical (unpaired) electrons. The van der Waals surface area contributed by atoms with E-state index < -0.39 is 0 Å². The van der Waals surface area contributed by atoms with E-state index >= 15 is 0 Å². The normalized spacial score (nSPS) is 10.9. The lowest BCUT2D eigenvalue weighted by Crippen LogP contribution is -1.88. The Labute approximate surface area is 324 Å². The molecule has 0 atom stereocenters. The van der Waals surface area contributed by atoms with E-state index in [0.717, 1.165) is 22.6 Å². The zero-order chi connectivity index (χ0) is 38.9. The van der Waals surface area contributed by atoms with E-state index in [1.165, 1.54) is 49.2 Å². The number of rotatable bonds is 2. The number of aromatic hydroxyl groups is 1. The van der Waals surface area contributed by atoms with Crippen molar-refractivity contribution in [3.8, 4) is 5.75 Å². The fourth-order valence-electron chi connectivity index (χ4n) is 6.74. The van der Waals surface area contributed by atoms with Crippen LogP contribution < -0.4 is 0 Å². The topological polar surface area (TPSA) is 20.2 Å². The minimum absolute atomic E-state index is 0.351. The Balaban J connectivity index is 0.000000157. The molecule has 0 aliphatic heterocycles. The van der Waals surface area contributed by atoms with Gasteiger partial charge in [0.15, 0.2) is 0 Å². The summed E-state index contributed by atoms with van der Waals surface area (Å²) < 4.78 is 0. The van der Waals surface area contributed by atoms with Crippen LogP contribution in [0.1, 0.15) is 89.5 Å². The molecule has 0 unspecified atom stereocenters. The van der Waals surface area contributed by atoms with E-state index in [9.17, 15) is 5.11 Å². The highest BCUT2D eigenvalue weighted by atomic mass is 16.3. The van der Waals surface area contributed by atoms with E-state index in [1.54, 1.807) is 0 Å². The SMILES string of the molecule is C1=Cc2ccccc2C1.CC.CC.CC(C)c1cccc2ccccc12.CC(C)c1cccc2ccccc12.Oc1cc2ccccc2c2ccccc12. The molecule has 276 valence electrons. The molecule has 0 bridgehead atoms. The predicted octanol–water partition coefficient (Wildman–Crippen LogP) is 15.9. The number of hydrogen-bond donors (Lipinski definition) is 1. The molecule has 1 aliphatic rings. The molecular weight excluding hydrogens is 653 g/mol. The van der Waals surface area contributed by atoms with Gasteiger partial charge in [-0.25, -0.2) is 0 Å². The molecule has 0 amide bonds. The molecule has 9 rings (SSSR count). The van der Waals surface area contributed by atoms with Gasteiger partial charge in [0.1, 0.15) is 5.75 Å². The van der Waals surface area contributed by atoms with Crippen molar-refractivity contribution in [3.05, 3.63) is 192 Å². The average molecular weight is 711 g/mol. The van der Waals surface area contributed by atoms with Crippen LogP contribution in [-0.2, 0) is 6.42 Å². The Morgan fingerprint density at radius 2 is 0.815 bits per heavy atom. The summed E-state index contributed by atoms with van der Waals surface area (Å²) >= 11 is 0. The maximum atomic E-state index is 9.87. The van der Waals surface area contributed by atoms with Crippen LogP contribution in [0.25, 0.3) is 49.2 Å². The van der Waals surface area contributed by atoms with Crippen molar-refractivity contribution in [3.63, 3.8) is 0 Å². The van der Waals surface area contributed by atoms with Gasteiger partial charge >= 0.3 is 0 Å². The number of phenols is 1. The van der Waals surface area contributed by atoms with Gasteiger partial charge in [-0.3, -0.25) is 0 Å². The second-order valence-electron chi connectivity index (χ2n) is 13.4. The van der Waals surface area contributed by atoms with Gasteiger partial charge in [0, 0.05) is 5.39 Å². The largest absolute Gasteiger partial charge is 0.507 e. The molecule has 1 nitrogen and oxygen atoms in total.